The van der Waals surface area contributed by atoms with Crippen LogP contribution >= 0.6 is 0 Å². The molecule has 2 nitrogen and oxygen atoms in total. The summed E-state index contributed by atoms with van der Waals surface area (Å²) in [6, 6.07) is 21.4. The molecule has 4 heteroatoms. The molecule has 0 fully saturated rings. The van der Waals surface area contributed by atoms with Crippen LogP contribution < -0.4 is 0 Å². The van der Waals surface area contributed by atoms with E-state index >= 15 is 0 Å². The summed E-state index contributed by atoms with van der Waals surface area (Å²) in [5, 5.41) is 2.06. The predicted molar refractivity (Wildman–Crippen MR) is 85.6 cm³/mol. The van der Waals surface area contributed by atoms with Crippen molar-refractivity contribution < 1.29 is 8.76 Å². The number of hydrogen-bond acceptors (Lipinski definition) is 1. The first-order valence-corrected chi connectivity index (χ1v) is 7.05. The SMILES string of the molecule is O=S(O)c1ccc2cccc(-c3ccccc3)c2c1.[NaH]. The molecular formula is C16H13NaO2S. The molecule has 3 aromatic carbocycles. The molecule has 3 aromatic rings. The van der Waals surface area contributed by atoms with Gasteiger partial charge in [0.25, 0.3) is 0 Å². The van der Waals surface area contributed by atoms with Crippen LogP contribution in [0.15, 0.2) is 71.6 Å². The number of hydrogen-bond donors (Lipinski definition) is 1. The van der Waals surface area contributed by atoms with Gasteiger partial charge in [0.15, 0.2) is 11.1 Å². The minimum atomic E-state index is -1.95. The number of benzene rings is 3. The third-order valence-corrected chi connectivity index (χ3v) is 3.80. The maximum absolute atomic E-state index is 11.2. The average molecular weight is 292 g/mol. The summed E-state index contributed by atoms with van der Waals surface area (Å²) < 4.78 is 20.4. The Labute approximate surface area is 142 Å². The second-order valence-electron chi connectivity index (χ2n) is 4.30. The molecule has 0 saturated heterocycles. The third-order valence-electron chi connectivity index (χ3n) is 3.14. The van der Waals surface area contributed by atoms with Gasteiger partial charge in [0, 0.05) is 0 Å². The second-order valence-corrected chi connectivity index (χ2v) is 5.27. The Kier molecular flexibility index (Phi) is 5.13. The summed E-state index contributed by atoms with van der Waals surface area (Å²) in [6.07, 6.45) is 0. The van der Waals surface area contributed by atoms with Crippen molar-refractivity contribution >= 4 is 51.4 Å². The van der Waals surface area contributed by atoms with E-state index in [1.54, 1.807) is 12.1 Å². The molecule has 1 N–H and O–H groups in total. The molecule has 1 unspecified atom stereocenters. The van der Waals surface area contributed by atoms with E-state index in [4.69, 9.17) is 0 Å². The third kappa shape index (κ3) is 3.03. The van der Waals surface area contributed by atoms with Gasteiger partial charge in [-0.3, -0.25) is 0 Å². The van der Waals surface area contributed by atoms with Crippen LogP contribution in [0, 0.1) is 0 Å². The van der Waals surface area contributed by atoms with E-state index < -0.39 is 11.1 Å². The van der Waals surface area contributed by atoms with Crippen LogP contribution in [0.2, 0.25) is 0 Å². The zero-order valence-electron chi connectivity index (χ0n) is 10.1. The molecule has 0 aliphatic carbocycles. The van der Waals surface area contributed by atoms with Crippen molar-refractivity contribution in [1.29, 1.82) is 0 Å². The zero-order chi connectivity index (χ0) is 13.2. The van der Waals surface area contributed by atoms with Gasteiger partial charge in [-0.1, -0.05) is 54.6 Å². The summed E-state index contributed by atoms with van der Waals surface area (Å²) in [5.74, 6) is 0. The van der Waals surface area contributed by atoms with Crippen molar-refractivity contribution in [2.24, 2.45) is 0 Å². The van der Waals surface area contributed by atoms with E-state index in [-0.39, 0.29) is 29.6 Å². The van der Waals surface area contributed by atoms with Crippen LogP contribution in [0.1, 0.15) is 0 Å². The van der Waals surface area contributed by atoms with Crippen molar-refractivity contribution in [2.75, 3.05) is 0 Å². The Morgan fingerprint density at radius 3 is 2.30 bits per heavy atom. The fourth-order valence-electron chi connectivity index (χ4n) is 2.23. The van der Waals surface area contributed by atoms with Crippen molar-refractivity contribution in [3.63, 3.8) is 0 Å². The van der Waals surface area contributed by atoms with Crippen LogP contribution in [0.3, 0.4) is 0 Å². The number of rotatable bonds is 2. The molecule has 0 aromatic heterocycles. The van der Waals surface area contributed by atoms with Crippen molar-refractivity contribution in [3.8, 4) is 11.1 Å². The Balaban J connectivity index is 0.00000147. The van der Waals surface area contributed by atoms with Gasteiger partial charge in [-0.2, -0.15) is 0 Å². The molecule has 1 atom stereocenters. The van der Waals surface area contributed by atoms with Gasteiger partial charge in [-0.25, -0.2) is 4.21 Å². The van der Waals surface area contributed by atoms with Crippen LogP contribution in [0.25, 0.3) is 21.9 Å². The summed E-state index contributed by atoms with van der Waals surface area (Å²) >= 11 is -1.95. The molecule has 20 heavy (non-hydrogen) atoms. The molecule has 3 rings (SSSR count). The van der Waals surface area contributed by atoms with E-state index in [1.165, 1.54) is 0 Å². The first kappa shape index (κ1) is 15.4. The minimum absolute atomic E-state index is 0. The Hall–Kier alpha value is -0.970. The topological polar surface area (TPSA) is 37.3 Å². The Bertz CT molecular complexity index is 757. The van der Waals surface area contributed by atoms with Crippen molar-refractivity contribution in [3.05, 3.63) is 66.7 Å². The maximum atomic E-state index is 11.2. The van der Waals surface area contributed by atoms with E-state index in [0.717, 1.165) is 21.9 Å². The Morgan fingerprint density at radius 1 is 0.850 bits per heavy atom. The van der Waals surface area contributed by atoms with E-state index in [0.29, 0.717) is 4.90 Å². The standard InChI is InChI=1S/C16H12O2S.Na.H/c17-19(18)14-10-9-13-7-4-8-15(16(13)11-14)12-5-2-1-3-6-12;;/h1-11H,(H,17,18);;. The molecule has 0 spiro atoms. The molecule has 0 heterocycles. The second kappa shape index (κ2) is 6.66. The van der Waals surface area contributed by atoms with Crippen LogP contribution in [0.5, 0.6) is 0 Å². The van der Waals surface area contributed by atoms with Gasteiger partial charge >= 0.3 is 29.6 Å². The van der Waals surface area contributed by atoms with Gasteiger partial charge in [-0.15, -0.1) is 0 Å². The summed E-state index contributed by atoms with van der Waals surface area (Å²) in [7, 11) is 0. The molecule has 96 valence electrons. The number of fused-ring (bicyclic) bond motifs is 1. The molecule has 0 radical (unpaired) electrons. The van der Waals surface area contributed by atoms with Crippen molar-refractivity contribution in [2.45, 2.75) is 4.90 Å². The van der Waals surface area contributed by atoms with Crippen LogP contribution in [-0.2, 0) is 11.1 Å². The first-order valence-electron chi connectivity index (χ1n) is 5.95. The van der Waals surface area contributed by atoms with Crippen LogP contribution in [0.4, 0.5) is 0 Å². The molecule has 0 amide bonds. The molecular weight excluding hydrogens is 279 g/mol. The van der Waals surface area contributed by atoms with E-state index in [1.807, 2.05) is 54.6 Å². The normalized spacial score (nSPS) is 11.8. The monoisotopic (exact) mass is 292 g/mol. The Morgan fingerprint density at radius 2 is 1.60 bits per heavy atom. The van der Waals surface area contributed by atoms with E-state index in [2.05, 4.69) is 0 Å². The molecule has 0 aliphatic rings. The zero-order valence-corrected chi connectivity index (χ0v) is 10.9. The van der Waals surface area contributed by atoms with Gasteiger partial charge in [0.2, 0.25) is 0 Å². The predicted octanol–water partition coefficient (Wildman–Crippen LogP) is 3.44. The fourth-order valence-corrected chi connectivity index (χ4v) is 2.63. The van der Waals surface area contributed by atoms with Gasteiger partial charge < -0.3 is 4.55 Å². The summed E-state index contributed by atoms with van der Waals surface area (Å²) in [6.45, 7) is 0. The summed E-state index contributed by atoms with van der Waals surface area (Å²) in [4.78, 5) is 0.427. The molecule has 0 saturated carbocycles. The first-order chi connectivity index (χ1) is 9.25. The van der Waals surface area contributed by atoms with E-state index in [9.17, 15) is 8.76 Å². The fraction of sp³-hybridized carbons (Fsp3) is 0. The van der Waals surface area contributed by atoms with Gasteiger partial charge in [0.05, 0.1) is 4.90 Å². The quantitative estimate of drug-likeness (QED) is 0.580. The van der Waals surface area contributed by atoms with Crippen LogP contribution in [-0.4, -0.2) is 38.3 Å². The molecule has 0 bridgehead atoms. The average Bonchev–Trinajstić information content (AvgIpc) is 2.47. The van der Waals surface area contributed by atoms with Gasteiger partial charge in [0.1, 0.15) is 0 Å². The van der Waals surface area contributed by atoms with Gasteiger partial charge in [-0.05, 0) is 34.0 Å². The van der Waals surface area contributed by atoms with Crippen molar-refractivity contribution in [1.82, 2.24) is 0 Å². The molecule has 0 aliphatic heterocycles. The summed E-state index contributed by atoms with van der Waals surface area (Å²) in [5.41, 5.74) is 2.18.